The predicted octanol–water partition coefficient (Wildman–Crippen LogP) is 4.40. The second-order valence-electron chi connectivity index (χ2n) is 5.72. The Morgan fingerprint density at radius 3 is 2.56 bits per heavy atom. The third kappa shape index (κ3) is 6.75. The summed E-state index contributed by atoms with van der Waals surface area (Å²) in [7, 11) is 1.59. The number of thiocarbonyl (C=S) groups is 1. The van der Waals surface area contributed by atoms with Gasteiger partial charge in [-0.05, 0) is 42.9 Å². The molecule has 0 aliphatic carbocycles. The zero-order valence-electron chi connectivity index (χ0n) is 15.5. The van der Waals surface area contributed by atoms with E-state index >= 15 is 0 Å². The molecule has 0 saturated heterocycles. The van der Waals surface area contributed by atoms with Crippen LogP contribution in [0.5, 0.6) is 11.5 Å². The molecule has 0 saturated carbocycles. The van der Waals surface area contributed by atoms with E-state index in [1.165, 1.54) is 6.08 Å². The summed E-state index contributed by atoms with van der Waals surface area (Å²) in [6.45, 7) is 2.74. The van der Waals surface area contributed by atoms with Crippen molar-refractivity contribution in [3.8, 4) is 11.5 Å². The highest BCUT2D eigenvalue weighted by atomic mass is 32.1. The predicted molar refractivity (Wildman–Crippen MR) is 113 cm³/mol. The first-order valence-electron chi connectivity index (χ1n) is 8.79. The molecule has 5 nitrogen and oxygen atoms in total. The van der Waals surface area contributed by atoms with Crippen molar-refractivity contribution in [2.75, 3.05) is 19.0 Å². The molecule has 0 radical (unpaired) electrons. The number of unbranched alkanes of at least 4 members (excludes halogenated alkanes) is 1. The molecule has 0 aliphatic rings. The van der Waals surface area contributed by atoms with Crippen LogP contribution < -0.4 is 20.1 Å². The van der Waals surface area contributed by atoms with Crippen LogP contribution in [0.4, 0.5) is 5.69 Å². The number of anilines is 1. The molecule has 27 heavy (non-hydrogen) atoms. The molecule has 0 fully saturated rings. The summed E-state index contributed by atoms with van der Waals surface area (Å²) in [5.74, 6) is 1.07. The molecule has 2 rings (SSSR count). The van der Waals surface area contributed by atoms with Gasteiger partial charge in [0.15, 0.2) is 5.11 Å². The van der Waals surface area contributed by atoms with Crippen molar-refractivity contribution in [2.24, 2.45) is 0 Å². The Bertz CT molecular complexity index is 806. The lowest BCUT2D eigenvalue weighted by Crippen LogP contribution is -2.32. The monoisotopic (exact) mass is 384 g/mol. The molecule has 0 spiro atoms. The molecule has 142 valence electrons. The SMILES string of the molecule is CCCCOc1ccccc1NC(=S)NC(=O)/C=C/c1ccccc1OC. The summed E-state index contributed by atoms with van der Waals surface area (Å²) in [6, 6.07) is 14.9. The second-order valence-corrected chi connectivity index (χ2v) is 6.13. The summed E-state index contributed by atoms with van der Waals surface area (Å²) in [4.78, 5) is 12.1. The van der Waals surface area contributed by atoms with E-state index in [0.717, 1.165) is 18.4 Å². The zero-order valence-corrected chi connectivity index (χ0v) is 16.3. The van der Waals surface area contributed by atoms with Crippen molar-refractivity contribution in [3.63, 3.8) is 0 Å². The average Bonchev–Trinajstić information content (AvgIpc) is 2.68. The minimum atomic E-state index is -0.331. The summed E-state index contributed by atoms with van der Waals surface area (Å²) in [5.41, 5.74) is 1.52. The van der Waals surface area contributed by atoms with Gasteiger partial charge in [0.2, 0.25) is 5.91 Å². The first-order valence-corrected chi connectivity index (χ1v) is 9.19. The maximum atomic E-state index is 12.1. The van der Waals surface area contributed by atoms with Crippen LogP contribution in [0, 0.1) is 0 Å². The second kappa shape index (κ2) is 11.0. The Morgan fingerprint density at radius 2 is 1.81 bits per heavy atom. The molecular formula is C21H24N2O3S. The van der Waals surface area contributed by atoms with E-state index < -0.39 is 0 Å². The van der Waals surface area contributed by atoms with Gasteiger partial charge in [-0.2, -0.15) is 0 Å². The molecule has 0 bridgehead atoms. The Labute approximate surface area is 165 Å². The van der Waals surface area contributed by atoms with Gasteiger partial charge in [0.1, 0.15) is 11.5 Å². The van der Waals surface area contributed by atoms with Gasteiger partial charge < -0.3 is 14.8 Å². The molecule has 6 heteroatoms. The fourth-order valence-electron chi connectivity index (χ4n) is 2.30. The molecule has 2 aromatic rings. The van der Waals surface area contributed by atoms with E-state index in [4.69, 9.17) is 21.7 Å². The third-order valence-electron chi connectivity index (χ3n) is 3.68. The summed E-state index contributed by atoms with van der Waals surface area (Å²) >= 11 is 5.23. The summed E-state index contributed by atoms with van der Waals surface area (Å²) in [6.07, 6.45) is 5.12. The molecule has 0 aromatic heterocycles. The molecule has 0 heterocycles. The van der Waals surface area contributed by atoms with Gasteiger partial charge in [0, 0.05) is 11.6 Å². The van der Waals surface area contributed by atoms with Crippen LogP contribution in [0.25, 0.3) is 6.08 Å². The standard InChI is InChI=1S/C21H24N2O3S/c1-3-4-15-26-19-12-8-6-10-17(19)22-21(27)23-20(24)14-13-16-9-5-7-11-18(16)25-2/h5-14H,3-4,15H2,1-2H3,(H2,22,23,24,27)/b14-13+. The van der Waals surface area contributed by atoms with E-state index in [0.29, 0.717) is 23.8 Å². The highest BCUT2D eigenvalue weighted by Gasteiger charge is 2.07. The number of hydrogen-bond acceptors (Lipinski definition) is 4. The lowest BCUT2D eigenvalue weighted by molar-refractivity contribution is -0.115. The maximum absolute atomic E-state index is 12.1. The molecular weight excluding hydrogens is 360 g/mol. The van der Waals surface area contributed by atoms with Crippen LogP contribution in [0.2, 0.25) is 0 Å². The van der Waals surface area contributed by atoms with Crippen molar-refractivity contribution in [1.29, 1.82) is 0 Å². The highest BCUT2D eigenvalue weighted by Crippen LogP contribution is 2.24. The molecule has 0 unspecified atom stereocenters. The van der Waals surface area contributed by atoms with E-state index in [1.54, 1.807) is 13.2 Å². The van der Waals surface area contributed by atoms with E-state index in [-0.39, 0.29) is 11.0 Å². The van der Waals surface area contributed by atoms with Gasteiger partial charge in [0.25, 0.3) is 0 Å². The van der Waals surface area contributed by atoms with E-state index in [1.807, 2.05) is 48.5 Å². The van der Waals surface area contributed by atoms with Gasteiger partial charge in [-0.1, -0.05) is 43.7 Å². The average molecular weight is 385 g/mol. The van der Waals surface area contributed by atoms with Crippen molar-refractivity contribution < 1.29 is 14.3 Å². The summed E-state index contributed by atoms with van der Waals surface area (Å²) < 4.78 is 11.0. The molecule has 1 amide bonds. The van der Waals surface area contributed by atoms with Crippen molar-refractivity contribution in [2.45, 2.75) is 19.8 Å². The van der Waals surface area contributed by atoms with Gasteiger partial charge in [-0.15, -0.1) is 0 Å². The van der Waals surface area contributed by atoms with Gasteiger partial charge in [-0.25, -0.2) is 0 Å². The number of carbonyl (C=O) groups is 1. The number of ether oxygens (including phenoxy) is 2. The Kier molecular flexibility index (Phi) is 8.32. The molecule has 2 aromatic carbocycles. The smallest absolute Gasteiger partial charge is 0.250 e. The maximum Gasteiger partial charge on any atom is 0.250 e. The number of methoxy groups -OCH3 is 1. The first-order chi connectivity index (χ1) is 13.1. The van der Waals surface area contributed by atoms with Crippen LogP contribution in [0.1, 0.15) is 25.3 Å². The zero-order chi connectivity index (χ0) is 19.5. The van der Waals surface area contributed by atoms with Crippen LogP contribution in [-0.2, 0) is 4.79 Å². The number of nitrogens with one attached hydrogen (secondary N) is 2. The summed E-state index contributed by atoms with van der Waals surface area (Å²) in [5, 5.41) is 5.84. The topological polar surface area (TPSA) is 59.6 Å². The number of amides is 1. The van der Waals surface area contributed by atoms with Crippen LogP contribution >= 0.6 is 12.2 Å². The fraction of sp³-hybridized carbons (Fsp3) is 0.238. The molecule has 0 aliphatic heterocycles. The Morgan fingerprint density at radius 1 is 1.11 bits per heavy atom. The largest absolute Gasteiger partial charge is 0.496 e. The Hall–Kier alpha value is -2.86. The minimum absolute atomic E-state index is 0.205. The number of benzene rings is 2. The normalized spacial score (nSPS) is 10.4. The van der Waals surface area contributed by atoms with E-state index in [9.17, 15) is 4.79 Å². The quantitative estimate of drug-likeness (QED) is 0.401. The van der Waals surface area contributed by atoms with Crippen LogP contribution in [0.3, 0.4) is 0 Å². The lowest BCUT2D eigenvalue weighted by atomic mass is 10.2. The number of rotatable bonds is 8. The van der Waals surface area contributed by atoms with Gasteiger partial charge in [-0.3, -0.25) is 10.1 Å². The number of hydrogen-bond donors (Lipinski definition) is 2. The fourth-order valence-corrected chi connectivity index (χ4v) is 2.51. The number of para-hydroxylation sites is 3. The first kappa shape index (κ1) is 20.5. The number of carbonyl (C=O) groups excluding carboxylic acids is 1. The molecule has 2 N–H and O–H groups in total. The lowest BCUT2D eigenvalue weighted by Gasteiger charge is -2.13. The minimum Gasteiger partial charge on any atom is -0.496 e. The van der Waals surface area contributed by atoms with Crippen molar-refractivity contribution >= 4 is 35.0 Å². The van der Waals surface area contributed by atoms with Gasteiger partial charge >= 0.3 is 0 Å². The third-order valence-corrected chi connectivity index (χ3v) is 3.88. The highest BCUT2D eigenvalue weighted by molar-refractivity contribution is 7.80. The van der Waals surface area contributed by atoms with Crippen LogP contribution in [0.15, 0.2) is 54.6 Å². The van der Waals surface area contributed by atoms with Gasteiger partial charge in [0.05, 0.1) is 19.4 Å². The van der Waals surface area contributed by atoms with E-state index in [2.05, 4.69) is 17.6 Å². The Balaban J connectivity index is 1.93. The van der Waals surface area contributed by atoms with Crippen LogP contribution in [-0.4, -0.2) is 24.7 Å². The molecule has 0 atom stereocenters. The van der Waals surface area contributed by atoms with Crippen molar-refractivity contribution in [1.82, 2.24) is 5.32 Å². The van der Waals surface area contributed by atoms with Crippen molar-refractivity contribution in [3.05, 3.63) is 60.2 Å².